The zero-order chi connectivity index (χ0) is 18.4. The highest BCUT2D eigenvalue weighted by Gasteiger charge is 2.16. The van der Waals surface area contributed by atoms with Gasteiger partial charge in [-0.1, -0.05) is 24.3 Å². The van der Waals surface area contributed by atoms with Gasteiger partial charge in [0.25, 0.3) is 5.91 Å². The number of benzene rings is 2. The van der Waals surface area contributed by atoms with Crippen molar-refractivity contribution in [3.05, 3.63) is 59.2 Å². The summed E-state index contributed by atoms with van der Waals surface area (Å²) >= 11 is 0. The van der Waals surface area contributed by atoms with Crippen molar-refractivity contribution in [1.29, 1.82) is 0 Å². The Hall–Kier alpha value is -2.82. The van der Waals surface area contributed by atoms with Gasteiger partial charge in [0, 0.05) is 12.7 Å². The topological polar surface area (TPSA) is 67.4 Å². The van der Waals surface area contributed by atoms with Gasteiger partial charge < -0.3 is 15.4 Å². The molecule has 25 heavy (non-hydrogen) atoms. The van der Waals surface area contributed by atoms with Crippen LogP contribution in [0.15, 0.2) is 42.5 Å². The lowest BCUT2D eigenvalue weighted by molar-refractivity contribution is -0.122. The number of rotatable bonds is 6. The monoisotopic (exact) mass is 340 g/mol. The number of carbonyl (C=O) groups excluding carboxylic acids is 2. The third-order valence-corrected chi connectivity index (χ3v) is 3.88. The van der Waals surface area contributed by atoms with Crippen LogP contribution in [-0.4, -0.2) is 25.0 Å². The van der Waals surface area contributed by atoms with Gasteiger partial charge in [-0.3, -0.25) is 9.59 Å². The fourth-order valence-corrected chi connectivity index (χ4v) is 2.30. The van der Waals surface area contributed by atoms with E-state index in [-0.39, 0.29) is 11.8 Å². The number of hydrogen-bond acceptors (Lipinski definition) is 3. The van der Waals surface area contributed by atoms with E-state index in [0.717, 1.165) is 16.7 Å². The first-order valence-electron chi connectivity index (χ1n) is 8.23. The zero-order valence-electron chi connectivity index (χ0n) is 15.1. The molecule has 1 unspecified atom stereocenters. The van der Waals surface area contributed by atoms with Gasteiger partial charge in [-0.15, -0.1) is 0 Å². The molecule has 0 heterocycles. The molecule has 0 aliphatic carbocycles. The van der Waals surface area contributed by atoms with Crippen LogP contribution in [0.4, 0.5) is 5.69 Å². The normalized spacial score (nSPS) is 11.5. The molecule has 0 saturated heterocycles. The fraction of sp³-hybridized carbons (Fsp3) is 0.300. The van der Waals surface area contributed by atoms with E-state index in [9.17, 15) is 9.59 Å². The van der Waals surface area contributed by atoms with Crippen LogP contribution < -0.4 is 15.4 Å². The molecule has 0 fully saturated rings. The van der Waals surface area contributed by atoms with Crippen LogP contribution in [0, 0.1) is 13.8 Å². The van der Waals surface area contributed by atoms with E-state index in [1.165, 1.54) is 0 Å². The summed E-state index contributed by atoms with van der Waals surface area (Å²) in [4.78, 5) is 23.7. The minimum Gasteiger partial charge on any atom is -0.481 e. The highest BCUT2D eigenvalue weighted by atomic mass is 16.5. The summed E-state index contributed by atoms with van der Waals surface area (Å²) in [5.41, 5.74) is 3.63. The van der Waals surface area contributed by atoms with Gasteiger partial charge in [0.1, 0.15) is 5.75 Å². The van der Waals surface area contributed by atoms with Gasteiger partial charge in [0.15, 0.2) is 6.10 Å². The van der Waals surface area contributed by atoms with E-state index in [4.69, 9.17) is 4.74 Å². The first-order chi connectivity index (χ1) is 11.9. The molecule has 0 radical (unpaired) electrons. The highest BCUT2D eigenvalue weighted by Crippen LogP contribution is 2.21. The quantitative estimate of drug-likeness (QED) is 0.849. The van der Waals surface area contributed by atoms with E-state index in [1.807, 2.05) is 44.2 Å². The smallest absolute Gasteiger partial charge is 0.265 e. The first kappa shape index (κ1) is 18.5. The number of hydrogen-bond donors (Lipinski definition) is 2. The zero-order valence-corrected chi connectivity index (χ0v) is 15.1. The van der Waals surface area contributed by atoms with Gasteiger partial charge in [0.05, 0.1) is 6.42 Å². The third kappa shape index (κ3) is 5.35. The average molecular weight is 340 g/mol. The Bertz CT molecular complexity index is 754. The maximum atomic E-state index is 12.3. The van der Waals surface area contributed by atoms with Crippen LogP contribution in [-0.2, 0) is 16.0 Å². The molecule has 0 aliphatic rings. The van der Waals surface area contributed by atoms with E-state index < -0.39 is 6.10 Å². The number of aryl methyl sites for hydroxylation is 2. The molecule has 0 bridgehead atoms. The molecule has 0 aromatic heterocycles. The first-order valence-corrected chi connectivity index (χ1v) is 8.23. The Morgan fingerprint density at radius 2 is 1.76 bits per heavy atom. The lowest BCUT2D eigenvalue weighted by Gasteiger charge is -2.17. The molecular weight excluding hydrogens is 316 g/mol. The van der Waals surface area contributed by atoms with Crippen LogP contribution in [0.25, 0.3) is 0 Å². The lowest BCUT2D eigenvalue weighted by atomic mass is 10.1. The van der Waals surface area contributed by atoms with Crippen molar-refractivity contribution in [3.8, 4) is 5.75 Å². The summed E-state index contributed by atoms with van der Waals surface area (Å²) in [7, 11) is 1.61. The summed E-state index contributed by atoms with van der Waals surface area (Å²) in [6.07, 6.45) is -0.303. The van der Waals surface area contributed by atoms with Crippen molar-refractivity contribution in [1.82, 2.24) is 5.32 Å². The number of likely N-dealkylation sites (N-methyl/N-ethyl adjacent to an activating group) is 1. The SMILES string of the molecule is CNC(=O)Cc1ccc(NC(=O)C(C)Oc2cc(C)ccc2C)cc1. The molecule has 5 heteroatoms. The number of carbonyl (C=O) groups is 2. The summed E-state index contributed by atoms with van der Waals surface area (Å²) in [5.74, 6) is 0.441. The van der Waals surface area contributed by atoms with Crippen LogP contribution in [0.5, 0.6) is 5.75 Å². The molecule has 2 aromatic carbocycles. The third-order valence-electron chi connectivity index (χ3n) is 3.88. The Morgan fingerprint density at radius 3 is 2.40 bits per heavy atom. The summed E-state index contributed by atoms with van der Waals surface area (Å²) in [6, 6.07) is 13.1. The van der Waals surface area contributed by atoms with Crippen molar-refractivity contribution in [2.45, 2.75) is 33.3 Å². The van der Waals surface area contributed by atoms with E-state index in [2.05, 4.69) is 10.6 Å². The van der Waals surface area contributed by atoms with Gasteiger partial charge in [-0.2, -0.15) is 0 Å². The Kier molecular flexibility index (Phi) is 6.17. The van der Waals surface area contributed by atoms with Crippen LogP contribution in [0.2, 0.25) is 0 Å². The molecule has 0 aliphatic heterocycles. The standard InChI is InChI=1S/C20H24N2O3/c1-13-5-6-14(2)18(11-13)25-15(3)20(24)22-17-9-7-16(8-10-17)12-19(23)21-4/h5-11,15H,12H2,1-4H3,(H,21,23)(H,22,24). The second-order valence-corrected chi connectivity index (χ2v) is 6.07. The number of anilines is 1. The van der Waals surface area contributed by atoms with Gasteiger partial charge in [-0.25, -0.2) is 0 Å². The molecule has 2 aromatic rings. The fourth-order valence-electron chi connectivity index (χ4n) is 2.30. The van der Waals surface area contributed by atoms with Crippen LogP contribution in [0.1, 0.15) is 23.6 Å². The van der Waals surface area contributed by atoms with E-state index in [1.54, 1.807) is 26.1 Å². The Labute approximate surface area is 148 Å². The van der Waals surface area contributed by atoms with Gasteiger partial charge in [0.2, 0.25) is 5.91 Å². The summed E-state index contributed by atoms with van der Waals surface area (Å²) in [6.45, 7) is 5.65. The van der Waals surface area contributed by atoms with Crippen molar-refractivity contribution < 1.29 is 14.3 Å². The number of amides is 2. The molecule has 2 amide bonds. The molecule has 132 valence electrons. The highest BCUT2D eigenvalue weighted by molar-refractivity contribution is 5.94. The minimum atomic E-state index is -0.619. The molecule has 2 rings (SSSR count). The number of nitrogens with one attached hydrogen (secondary N) is 2. The van der Waals surface area contributed by atoms with Gasteiger partial charge >= 0.3 is 0 Å². The molecule has 1 atom stereocenters. The summed E-state index contributed by atoms with van der Waals surface area (Å²) in [5, 5.41) is 5.41. The van der Waals surface area contributed by atoms with Crippen molar-refractivity contribution >= 4 is 17.5 Å². The molecule has 0 saturated carbocycles. The largest absolute Gasteiger partial charge is 0.481 e. The van der Waals surface area contributed by atoms with Crippen molar-refractivity contribution in [2.24, 2.45) is 0 Å². The van der Waals surface area contributed by atoms with Crippen LogP contribution in [0.3, 0.4) is 0 Å². The van der Waals surface area contributed by atoms with E-state index in [0.29, 0.717) is 17.9 Å². The number of ether oxygens (including phenoxy) is 1. The maximum absolute atomic E-state index is 12.3. The second-order valence-electron chi connectivity index (χ2n) is 6.07. The van der Waals surface area contributed by atoms with Crippen molar-refractivity contribution in [3.63, 3.8) is 0 Å². The molecule has 0 spiro atoms. The predicted molar refractivity (Wildman–Crippen MR) is 98.8 cm³/mol. The minimum absolute atomic E-state index is 0.0488. The van der Waals surface area contributed by atoms with E-state index >= 15 is 0 Å². The average Bonchev–Trinajstić information content (AvgIpc) is 2.59. The maximum Gasteiger partial charge on any atom is 0.265 e. The second kappa shape index (κ2) is 8.33. The molecule has 2 N–H and O–H groups in total. The van der Waals surface area contributed by atoms with Crippen molar-refractivity contribution in [2.75, 3.05) is 12.4 Å². The van der Waals surface area contributed by atoms with Crippen LogP contribution >= 0.6 is 0 Å². The Morgan fingerprint density at radius 1 is 1.08 bits per heavy atom. The van der Waals surface area contributed by atoms with Gasteiger partial charge in [-0.05, 0) is 55.7 Å². The molecular formula is C20H24N2O3. The Balaban J connectivity index is 1.96. The lowest BCUT2D eigenvalue weighted by Crippen LogP contribution is -2.30. The summed E-state index contributed by atoms with van der Waals surface area (Å²) < 4.78 is 5.79. The molecule has 5 nitrogen and oxygen atoms in total. The predicted octanol–water partition coefficient (Wildman–Crippen LogP) is 3.00.